The summed E-state index contributed by atoms with van der Waals surface area (Å²) < 4.78 is 6.57. The first-order chi connectivity index (χ1) is 11.9. The minimum absolute atomic E-state index is 0. The number of rotatable bonds is 9. The zero-order valence-corrected chi connectivity index (χ0v) is 19.2. The van der Waals surface area contributed by atoms with Gasteiger partial charge < -0.3 is 15.4 Å². The number of hydrogen-bond donors (Lipinski definition) is 2. The molecule has 1 unspecified atom stereocenters. The van der Waals surface area contributed by atoms with Crippen molar-refractivity contribution >= 4 is 35.9 Å². The van der Waals surface area contributed by atoms with Gasteiger partial charge in [-0.05, 0) is 52.5 Å². The Kier molecular flexibility index (Phi) is 12.3. The van der Waals surface area contributed by atoms with Crippen LogP contribution in [0.1, 0.15) is 50.1 Å². The Morgan fingerprint density at radius 1 is 1.35 bits per heavy atom. The van der Waals surface area contributed by atoms with Crippen molar-refractivity contribution in [1.29, 1.82) is 0 Å². The van der Waals surface area contributed by atoms with Crippen molar-refractivity contribution in [3.05, 3.63) is 17.0 Å². The van der Waals surface area contributed by atoms with Gasteiger partial charge in [-0.15, -0.1) is 24.0 Å². The first-order valence-electron chi connectivity index (χ1n) is 8.99. The van der Waals surface area contributed by atoms with Gasteiger partial charge in [-0.1, -0.05) is 0 Å². The Bertz CT molecular complexity index is 586. The van der Waals surface area contributed by atoms with Gasteiger partial charge in [0, 0.05) is 38.3 Å². The smallest absolute Gasteiger partial charge is 0.305 e. The molecule has 0 spiro atoms. The largest absolute Gasteiger partial charge is 0.469 e. The van der Waals surface area contributed by atoms with Crippen LogP contribution < -0.4 is 10.6 Å². The molecule has 150 valence electrons. The highest BCUT2D eigenvalue weighted by molar-refractivity contribution is 14.0. The maximum Gasteiger partial charge on any atom is 0.305 e. The molecule has 0 amide bonds. The van der Waals surface area contributed by atoms with E-state index in [4.69, 9.17) is 0 Å². The number of ether oxygens (including phenoxy) is 1. The third kappa shape index (κ3) is 8.37. The summed E-state index contributed by atoms with van der Waals surface area (Å²) in [5, 5.41) is 11.2. The van der Waals surface area contributed by atoms with Crippen LogP contribution in [0.5, 0.6) is 0 Å². The second kappa shape index (κ2) is 12.9. The molecular formula is C18H34IN5O2. The van der Waals surface area contributed by atoms with Crippen molar-refractivity contribution in [1.82, 2.24) is 20.4 Å². The van der Waals surface area contributed by atoms with Crippen molar-refractivity contribution in [2.45, 2.75) is 59.4 Å². The predicted octanol–water partition coefficient (Wildman–Crippen LogP) is 2.48. The average molecular weight is 479 g/mol. The van der Waals surface area contributed by atoms with Gasteiger partial charge in [0.25, 0.3) is 0 Å². The zero-order valence-electron chi connectivity index (χ0n) is 16.9. The van der Waals surface area contributed by atoms with Crippen molar-refractivity contribution in [2.75, 3.05) is 20.2 Å². The lowest BCUT2D eigenvalue weighted by atomic mass is 10.1. The molecule has 2 N–H and O–H groups in total. The first-order valence-corrected chi connectivity index (χ1v) is 8.99. The molecule has 8 heteroatoms. The molecule has 0 fully saturated rings. The Morgan fingerprint density at radius 2 is 2.04 bits per heavy atom. The fourth-order valence-electron chi connectivity index (χ4n) is 2.70. The third-order valence-electron chi connectivity index (χ3n) is 4.18. The van der Waals surface area contributed by atoms with Gasteiger partial charge in [0.15, 0.2) is 5.96 Å². The van der Waals surface area contributed by atoms with E-state index in [9.17, 15) is 4.79 Å². The van der Waals surface area contributed by atoms with E-state index < -0.39 is 0 Å². The fourth-order valence-corrected chi connectivity index (χ4v) is 2.70. The summed E-state index contributed by atoms with van der Waals surface area (Å²) in [5.74, 6) is 0.650. The van der Waals surface area contributed by atoms with E-state index in [1.54, 1.807) is 0 Å². The lowest BCUT2D eigenvalue weighted by molar-refractivity contribution is -0.140. The van der Waals surface area contributed by atoms with Crippen LogP contribution in [0, 0.1) is 13.8 Å². The number of hydrogen-bond acceptors (Lipinski definition) is 4. The van der Waals surface area contributed by atoms with E-state index in [1.807, 2.05) is 11.7 Å². The minimum atomic E-state index is -0.162. The van der Waals surface area contributed by atoms with Gasteiger partial charge in [-0.2, -0.15) is 5.10 Å². The van der Waals surface area contributed by atoms with Gasteiger partial charge in [0.05, 0.1) is 12.8 Å². The summed E-state index contributed by atoms with van der Waals surface area (Å²) in [5.41, 5.74) is 3.57. The molecule has 1 heterocycles. The molecule has 0 aliphatic rings. The van der Waals surface area contributed by atoms with Crippen LogP contribution in [-0.2, 0) is 23.0 Å². The number of aryl methyl sites for hydroxylation is 2. The minimum Gasteiger partial charge on any atom is -0.469 e. The zero-order chi connectivity index (χ0) is 18.8. The summed E-state index contributed by atoms with van der Waals surface area (Å²) in [7, 11) is 3.39. The second-order valence-electron chi connectivity index (χ2n) is 6.32. The molecule has 0 radical (unpaired) electrons. The lowest BCUT2D eigenvalue weighted by Gasteiger charge is -2.18. The van der Waals surface area contributed by atoms with Gasteiger partial charge in [0.1, 0.15) is 0 Å². The molecule has 0 aromatic carbocycles. The number of carbonyl (C=O) groups is 1. The van der Waals surface area contributed by atoms with Crippen molar-refractivity contribution in [3.8, 4) is 0 Å². The standard InChI is InChI=1S/C18H33N5O2.HI/c1-7-19-18(20-11-9-8-10-17(24)25-6)21-13(2)12-16-14(3)22-23(5)15(16)4;/h13H,7-12H2,1-6H3,(H2,19,20,21);1H. The van der Waals surface area contributed by atoms with Gasteiger partial charge in [-0.25, -0.2) is 0 Å². The Balaban J connectivity index is 0.00000625. The number of aliphatic imine (C=N–C) groups is 1. The lowest BCUT2D eigenvalue weighted by Crippen LogP contribution is -2.43. The van der Waals surface area contributed by atoms with Crippen LogP contribution in [0.2, 0.25) is 0 Å². The fraction of sp³-hybridized carbons (Fsp3) is 0.722. The van der Waals surface area contributed by atoms with Crippen molar-refractivity contribution in [3.63, 3.8) is 0 Å². The van der Waals surface area contributed by atoms with Crippen LogP contribution in [0.3, 0.4) is 0 Å². The summed E-state index contributed by atoms with van der Waals surface area (Å²) in [4.78, 5) is 15.7. The van der Waals surface area contributed by atoms with Gasteiger partial charge >= 0.3 is 5.97 Å². The predicted molar refractivity (Wildman–Crippen MR) is 116 cm³/mol. The van der Waals surface area contributed by atoms with Crippen LogP contribution in [-0.4, -0.2) is 48.0 Å². The summed E-state index contributed by atoms with van der Waals surface area (Å²) >= 11 is 0. The Hall–Kier alpha value is -1.32. The number of unbranched alkanes of at least 4 members (excludes halogenated alkanes) is 1. The summed E-state index contributed by atoms with van der Waals surface area (Å²) in [6, 6.07) is 0.245. The number of methoxy groups -OCH3 is 1. The van der Waals surface area contributed by atoms with E-state index in [-0.39, 0.29) is 36.0 Å². The molecule has 1 aromatic heterocycles. The third-order valence-corrected chi connectivity index (χ3v) is 4.18. The van der Waals surface area contributed by atoms with Crippen LogP contribution >= 0.6 is 24.0 Å². The highest BCUT2D eigenvalue weighted by Crippen LogP contribution is 2.14. The monoisotopic (exact) mass is 479 g/mol. The molecule has 0 bridgehead atoms. The normalized spacial score (nSPS) is 12.3. The number of guanidine groups is 1. The van der Waals surface area contributed by atoms with Crippen LogP contribution in [0.25, 0.3) is 0 Å². The SMILES string of the molecule is CCNC(=NCCCCC(=O)OC)NC(C)Cc1c(C)nn(C)c1C.I. The molecule has 1 atom stereocenters. The highest BCUT2D eigenvalue weighted by Gasteiger charge is 2.13. The van der Waals surface area contributed by atoms with Crippen LogP contribution in [0.15, 0.2) is 4.99 Å². The molecule has 1 aromatic rings. The maximum atomic E-state index is 11.1. The molecule has 0 aliphatic carbocycles. The van der Waals surface area contributed by atoms with E-state index in [0.717, 1.165) is 37.5 Å². The number of halogens is 1. The quantitative estimate of drug-likeness (QED) is 0.187. The Labute approximate surface area is 174 Å². The highest BCUT2D eigenvalue weighted by atomic mass is 127. The first kappa shape index (κ1) is 24.7. The number of carbonyl (C=O) groups excluding carboxylic acids is 1. The molecule has 26 heavy (non-hydrogen) atoms. The number of esters is 1. The second-order valence-corrected chi connectivity index (χ2v) is 6.32. The molecule has 0 saturated heterocycles. The Morgan fingerprint density at radius 3 is 2.58 bits per heavy atom. The van der Waals surface area contributed by atoms with Crippen LogP contribution in [0.4, 0.5) is 0 Å². The van der Waals surface area contributed by atoms with E-state index in [2.05, 4.69) is 53.2 Å². The summed E-state index contributed by atoms with van der Waals surface area (Å²) in [6.45, 7) is 9.85. The molecule has 0 aliphatic heterocycles. The average Bonchev–Trinajstić information content (AvgIpc) is 2.80. The van der Waals surface area contributed by atoms with Crippen molar-refractivity contribution < 1.29 is 9.53 Å². The van der Waals surface area contributed by atoms with Crippen molar-refractivity contribution in [2.24, 2.45) is 12.0 Å². The number of nitrogens with one attached hydrogen (secondary N) is 2. The van der Waals surface area contributed by atoms with Gasteiger partial charge in [-0.3, -0.25) is 14.5 Å². The molecule has 1 rings (SSSR count). The number of nitrogens with zero attached hydrogens (tertiary/aromatic N) is 3. The van der Waals surface area contributed by atoms with Gasteiger partial charge in [0.2, 0.25) is 0 Å². The molecular weight excluding hydrogens is 445 g/mol. The maximum absolute atomic E-state index is 11.1. The number of aromatic nitrogens is 2. The molecule has 0 saturated carbocycles. The van der Waals surface area contributed by atoms with E-state index in [0.29, 0.717) is 13.0 Å². The summed E-state index contributed by atoms with van der Waals surface area (Å²) in [6.07, 6.45) is 3.00. The van der Waals surface area contributed by atoms with E-state index >= 15 is 0 Å². The molecule has 7 nitrogen and oxygen atoms in total. The topological polar surface area (TPSA) is 80.5 Å². The van der Waals surface area contributed by atoms with E-state index in [1.165, 1.54) is 18.4 Å².